The minimum atomic E-state index is -3.25. The number of piperidine rings is 1. The van der Waals surface area contributed by atoms with Crippen LogP contribution in [0.2, 0.25) is 0 Å². The average molecular weight is 328 g/mol. The van der Waals surface area contributed by atoms with Gasteiger partial charge >= 0.3 is 0 Å². The molecule has 0 spiro atoms. The first-order chi connectivity index (χ1) is 10.4. The number of rotatable bonds is 5. The molecule has 1 amide bonds. The summed E-state index contributed by atoms with van der Waals surface area (Å²) in [7, 11) is -3.25. The van der Waals surface area contributed by atoms with Gasteiger partial charge in [0.05, 0.1) is 11.7 Å². The number of nitrogens with one attached hydrogen (secondary N) is 1. The van der Waals surface area contributed by atoms with E-state index >= 15 is 0 Å². The van der Waals surface area contributed by atoms with Gasteiger partial charge in [-0.1, -0.05) is 12.1 Å². The molecule has 1 aliphatic heterocycles. The van der Waals surface area contributed by atoms with E-state index in [0.717, 1.165) is 5.56 Å². The molecule has 1 saturated heterocycles. The summed E-state index contributed by atoms with van der Waals surface area (Å²) >= 11 is 0. The zero-order chi connectivity index (χ0) is 16.2. The highest BCUT2D eigenvalue weighted by molar-refractivity contribution is 7.89. The number of benzene rings is 1. The van der Waals surface area contributed by atoms with Gasteiger partial charge in [-0.2, -0.15) is 0 Å². The summed E-state index contributed by atoms with van der Waals surface area (Å²) in [4.78, 5) is 12.2. The van der Waals surface area contributed by atoms with Crippen LogP contribution in [0.5, 0.6) is 0 Å². The molecule has 2 rings (SSSR count). The molecule has 1 aliphatic rings. The Bertz CT molecular complexity index is 616. The standard InChI is InChI=1S/C15H21FN2O3S/c1-2-22(20,21)18-9-3-4-13(11-18)15(19)17-10-12-5-7-14(16)8-6-12/h5-8,13H,2-4,9-11H2,1H3,(H,17,19)/t13-/m1/s1. The van der Waals surface area contributed by atoms with Crippen molar-refractivity contribution in [3.63, 3.8) is 0 Å². The lowest BCUT2D eigenvalue weighted by Crippen LogP contribution is -2.45. The smallest absolute Gasteiger partial charge is 0.224 e. The fraction of sp³-hybridized carbons (Fsp3) is 0.533. The number of halogens is 1. The molecule has 1 fully saturated rings. The first-order valence-corrected chi connectivity index (χ1v) is 9.03. The number of hydrogen-bond acceptors (Lipinski definition) is 3. The average Bonchev–Trinajstić information content (AvgIpc) is 2.54. The van der Waals surface area contributed by atoms with Crippen LogP contribution >= 0.6 is 0 Å². The molecule has 1 atom stereocenters. The maximum atomic E-state index is 12.8. The van der Waals surface area contributed by atoms with E-state index in [0.29, 0.717) is 25.9 Å². The van der Waals surface area contributed by atoms with Gasteiger partial charge < -0.3 is 5.32 Å². The van der Waals surface area contributed by atoms with E-state index < -0.39 is 10.0 Å². The van der Waals surface area contributed by atoms with Crippen molar-refractivity contribution >= 4 is 15.9 Å². The highest BCUT2D eigenvalue weighted by atomic mass is 32.2. The van der Waals surface area contributed by atoms with E-state index in [-0.39, 0.29) is 29.9 Å². The van der Waals surface area contributed by atoms with Gasteiger partial charge in [-0.3, -0.25) is 4.79 Å². The first kappa shape index (κ1) is 16.9. The molecule has 122 valence electrons. The second kappa shape index (κ2) is 7.19. The maximum absolute atomic E-state index is 12.8. The Balaban J connectivity index is 1.90. The molecule has 0 radical (unpaired) electrons. The van der Waals surface area contributed by atoms with Gasteiger partial charge in [0.2, 0.25) is 15.9 Å². The summed E-state index contributed by atoms with van der Waals surface area (Å²) in [5, 5.41) is 2.80. The lowest BCUT2D eigenvalue weighted by atomic mass is 9.99. The molecule has 0 saturated carbocycles. The number of nitrogens with zero attached hydrogens (tertiary/aromatic N) is 1. The zero-order valence-corrected chi connectivity index (χ0v) is 13.4. The molecule has 0 aromatic heterocycles. The Morgan fingerprint density at radius 1 is 1.36 bits per heavy atom. The molecule has 0 aliphatic carbocycles. The molecular formula is C15H21FN2O3S. The van der Waals surface area contributed by atoms with Crippen molar-refractivity contribution in [3.8, 4) is 0 Å². The van der Waals surface area contributed by atoms with Crippen LogP contribution in [-0.4, -0.2) is 37.5 Å². The second-order valence-electron chi connectivity index (χ2n) is 5.44. The summed E-state index contributed by atoms with van der Waals surface area (Å²) < 4.78 is 38.0. The van der Waals surface area contributed by atoms with Gasteiger partial charge in [-0.05, 0) is 37.5 Å². The quantitative estimate of drug-likeness (QED) is 0.891. The van der Waals surface area contributed by atoms with Crippen molar-refractivity contribution in [2.24, 2.45) is 5.92 Å². The van der Waals surface area contributed by atoms with Crippen LogP contribution < -0.4 is 5.32 Å². The molecule has 1 aromatic carbocycles. The maximum Gasteiger partial charge on any atom is 0.224 e. The van der Waals surface area contributed by atoms with Crippen molar-refractivity contribution in [2.45, 2.75) is 26.3 Å². The van der Waals surface area contributed by atoms with E-state index in [1.165, 1.54) is 16.4 Å². The summed E-state index contributed by atoms with van der Waals surface area (Å²) in [5.41, 5.74) is 0.809. The highest BCUT2D eigenvalue weighted by Crippen LogP contribution is 2.19. The van der Waals surface area contributed by atoms with Crippen molar-refractivity contribution in [2.75, 3.05) is 18.8 Å². The van der Waals surface area contributed by atoms with Gasteiger partial charge in [0.1, 0.15) is 5.82 Å². The Hall–Kier alpha value is -1.47. The normalized spacial score (nSPS) is 19.8. The molecule has 7 heteroatoms. The number of amides is 1. The lowest BCUT2D eigenvalue weighted by molar-refractivity contribution is -0.126. The van der Waals surface area contributed by atoms with Gasteiger partial charge in [-0.15, -0.1) is 0 Å². The predicted octanol–water partition coefficient (Wildman–Crippen LogP) is 1.50. The SMILES string of the molecule is CCS(=O)(=O)N1CCC[C@@H](C(=O)NCc2ccc(F)cc2)C1. The van der Waals surface area contributed by atoms with Gasteiger partial charge in [-0.25, -0.2) is 17.1 Å². The van der Waals surface area contributed by atoms with Crippen LogP contribution in [-0.2, 0) is 21.4 Å². The molecule has 0 bridgehead atoms. The van der Waals surface area contributed by atoms with Crippen LogP contribution in [0.4, 0.5) is 4.39 Å². The fourth-order valence-electron chi connectivity index (χ4n) is 2.53. The largest absolute Gasteiger partial charge is 0.352 e. The second-order valence-corrected chi connectivity index (χ2v) is 7.70. The molecule has 1 heterocycles. The molecule has 22 heavy (non-hydrogen) atoms. The fourth-order valence-corrected chi connectivity index (χ4v) is 3.71. The minimum Gasteiger partial charge on any atom is -0.352 e. The summed E-state index contributed by atoms with van der Waals surface area (Å²) in [5.74, 6) is -0.740. The minimum absolute atomic E-state index is 0.0525. The van der Waals surface area contributed by atoms with Crippen LogP contribution in [0.15, 0.2) is 24.3 Å². The summed E-state index contributed by atoms with van der Waals surface area (Å²) in [6, 6.07) is 5.92. The topological polar surface area (TPSA) is 66.5 Å². The van der Waals surface area contributed by atoms with Crippen LogP contribution in [0.1, 0.15) is 25.3 Å². The van der Waals surface area contributed by atoms with Crippen LogP contribution in [0.3, 0.4) is 0 Å². The third-order valence-corrected chi connectivity index (χ3v) is 5.74. The third-order valence-electron chi connectivity index (χ3n) is 3.89. The van der Waals surface area contributed by atoms with Crippen LogP contribution in [0.25, 0.3) is 0 Å². The molecule has 1 N–H and O–H groups in total. The van der Waals surface area contributed by atoms with E-state index in [1.807, 2.05) is 0 Å². The third kappa shape index (κ3) is 4.27. The lowest BCUT2D eigenvalue weighted by Gasteiger charge is -2.30. The van der Waals surface area contributed by atoms with Crippen molar-refractivity contribution in [1.82, 2.24) is 9.62 Å². The number of hydrogen-bond donors (Lipinski definition) is 1. The van der Waals surface area contributed by atoms with Crippen molar-refractivity contribution < 1.29 is 17.6 Å². The van der Waals surface area contributed by atoms with Crippen molar-refractivity contribution in [3.05, 3.63) is 35.6 Å². The Kier molecular flexibility index (Phi) is 5.52. The Labute approximate surface area is 130 Å². The van der Waals surface area contributed by atoms with Crippen molar-refractivity contribution in [1.29, 1.82) is 0 Å². The number of carbonyl (C=O) groups is 1. The van der Waals surface area contributed by atoms with Gasteiger partial charge in [0, 0.05) is 19.6 Å². The Morgan fingerprint density at radius 2 is 2.05 bits per heavy atom. The van der Waals surface area contributed by atoms with E-state index in [4.69, 9.17) is 0 Å². The molecular weight excluding hydrogens is 307 g/mol. The molecule has 1 aromatic rings. The number of sulfonamides is 1. The van der Waals surface area contributed by atoms with E-state index in [2.05, 4.69) is 5.32 Å². The Morgan fingerprint density at radius 3 is 2.68 bits per heavy atom. The number of carbonyl (C=O) groups excluding carboxylic acids is 1. The van der Waals surface area contributed by atoms with Gasteiger partial charge in [0.25, 0.3) is 0 Å². The van der Waals surface area contributed by atoms with E-state index in [1.54, 1.807) is 19.1 Å². The van der Waals surface area contributed by atoms with Gasteiger partial charge in [0.15, 0.2) is 0 Å². The van der Waals surface area contributed by atoms with E-state index in [9.17, 15) is 17.6 Å². The zero-order valence-electron chi connectivity index (χ0n) is 12.6. The monoisotopic (exact) mass is 328 g/mol. The summed E-state index contributed by atoms with van der Waals surface area (Å²) in [6.07, 6.45) is 1.37. The predicted molar refractivity (Wildman–Crippen MR) is 82.0 cm³/mol. The summed E-state index contributed by atoms with van der Waals surface area (Å²) in [6.45, 7) is 2.65. The van der Waals surface area contributed by atoms with Crippen LogP contribution in [0, 0.1) is 11.7 Å². The highest BCUT2D eigenvalue weighted by Gasteiger charge is 2.31. The molecule has 5 nitrogen and oxygen atoms in total. The molecule has 0 unspecified atom stereocenters. The first-order valence-electron chi connectivity index (χ1n) is 7.42.